The Balaban J connectivity index is 1.90. The Morgan fingerprint density at radius 2 is 1.49 bits per heavy atom. The largest absolute Gasteiger partial charge is 0.459 e. The van der Waals surface area contributed by atoms with Gasteiger partial charge in [0, 0.05) is 6.61 Å². The molecule has 2 aromatic rings. The van der Waals surface area contributed by atoms with Gasteiger partial charge in [-0.2, -0.15) is 0 Å². The van der Waals surface area contributed by atoms with E-state index < -0.39 is 23.7 Å². The molecule has 0 aromatic heterocycles. The van der Waals surface area contributed by atoms with Gasteiger partial charge in [-0.05, 0) is 64.0 Å². The molecule has 0 saturated carbocycles. The fourth-order valence-electron chi connectivity index (χ4n) is 4.05. The first-order valence-corrected chi connectivity index (χ1v) is 13.1. The Hall–Kier alpha value is -2.90. The van der Waals surface area contributed by atoms with Crippen molar-refractivity contribution in [2.45, 2.75) is 90.8 Å². The topological polar surface area (TPSA) is 94.1 Å². The molecule has 0 fully saturated rings. The van der Waals surface area contributed by atoms with Gasteiger partial charge in [-0.3, -0.25) is 0 Å². The minimum atomic E-state index is -0.819. The Kier molecular flexibility index (Phi) is 13.2. The van der Waals surface area contributed by atoms with Crippen molar-refractivity contribution >= 4 is 12.1 Å². The van der Waals surface area contributed by atoms with Crippen molar-refractivity contribution in [3.8, 4) is 0 Å². The highest BCUT2D eigenvalue weighted by atomic mass is 16.6. The zero-order valence-corrected chi connectivity index (χ0v) is 22.7. The van der Waals surface area contributed by atoms with Crippen LogP contribution in [0.1, 0.15) is 70.9 Å². The lowest BCUT2D eigenvalue weighted by Crippen LogP contribution is -2.44. The number of nitrogens with one attached hydrogen (secondary N) is 1. The fraction of sp³-hybridized carbons (Fsp3) is 0.533. The minimum Gasteiger partial charge on any atom is -0.459 e. The monoisotopic (exact) mass is 513 g/mol. The molecule has 1 amide bonds. The van der Waals surface area contributed by atoms with Gasteiger partial charge in [-0.15, -0.1) is 0 Å². The molecule has 3 unspecified atom stereocenters. The van der Waals surface area contributed by atoms with E-state index in [4.69, 9.17) is 14.2 Å². The fourth-order valence-corrected chi connectivity index (χ4v) is 4.05. The highest BCUT2D eigenvalue weighted by molar-refractivity contribution is 5.81. The molecule has 0 aliphatic rings. The van der Waals surface area contributed by atoms with Crippen molar-refractivity contribution in [3.63, 3.8) is 0 Å². The third-order valence-electron chi connectivity index (χ3n) is 5.88. The number of carbonyl (C=O) groups excluding carboxylic acids is 2. The maximum atomic E-state index is 12.9. The van der Waals surface area contributed by atoms with Crippen LogP contribution in [0.25, 0.3) is 0 Å². The summed E-state index contributed by atoms with van der Waals surface area (Å²) in [5, 5.41) is 12.3. The molecule has 0 radical (unpaired) electrons. The van der Waals surface area contributed by atoms with Gasteiger partial charge >= 0.3 is 12.1 Å². The summed E-state index contributed by atoms with van der Waals surface area (Å²) in [6, 6.07) is 18.6. The predicted molar refractivity (Wildman–Crippen MR) is 144 cm³/mol. The Morgan fingerprint density at radius 3 is 2.05 bits per heavy atom. The number of hydrogen-bond acceptors (Lipinski definition) is 6. The molecule has 2 rings (SSSR count). The maximum Gasteiger partial charge on any atom is 0.408 e. The first-order valence-electron chi connectivity index (χ1n) is 13.1. The SMILES string of the molecule is CC(CC(CCO)CCCC(NC(=O)OC(C)(C)C)C(=O)OCc1ccccc1)OCc1ccccc1. The summed E-state index contributed by atoms with van der Waals surface area (Å²) in [5.74, 6) is -0.258. The molecular weight excluding hydrogens is 470 g/mol. The molecule has 0 heterocycles. The van der Waals surface area contributed by atoms with Crippen LogP contribution >= 0.6 is 0 Å². The standard InChI is InChI=1S/C30H43NO6/c1-23(35-21-25-12-7-5-8-13-25)20-24(18-19-32)16-11-17-27(31-29(34)37-30(2,3)4)28(33)36-22-26-14-9-6-10-15-26/h5-10,12-15,23-24,27,32H,11,16-22H2,1-4H3,(H,31,34). The van der Waals surface area contributed by atoms with Gasteiger partial charge < -0.3 is 24.6 Å². The Labute approximate surface area is 221 Å². The number of aliphatic hydroxyl groups excluding tert-OH is 1. The molecule has 0 saturated heterocycles. The molecule has 7 nitrogen and oxygen atoms in total. The summed E-state index contributed by atoms with van der Waals surface area (Å²) in [6.07, 6.45) is 2.72. The van der Waals surface area contributed by atoms with Crippen molar-refractivity contribution in [1.82, 2.24) is 5.32 Å². The highest BCUT2D eigenvalue weighted by Crippen LogP contribution is 2.22. The first-order chi connectivity index (χ1) is 17.7. The normalized spacial score (nSPS) is 13.9. The third kappa shape index (κ3) is 13.3. The van der Waals surface area contributed by atoms with Crippen molar-refractivity contribution in [1.29, 1.82) is 0 Å². The van der Waals surface area contributed by atoms with Crippen molar-refractivity contribution in [3.05, 3.63) is 71.8 Å². The number of ether oxygens (including phenoxy) is 3. The van der Waals surface area contributed by atoms with Gasteiger partial charge in [0.25, 0.3) is 0 Å². The lowest BCUT2D eigenvalue weighted by atomic mass is 9.92. The van der Waals surface area contributed by atoms with E-state index in [9.17, 15) is 14.7 Å². The van der Waals surface area contributed by atoms with Crippen LogP contribution in [0.2, 0.25) is 0 Å². The molecule has 2 N–H and O–H groups in total. The minimum absolute atomic E-state index is 0.0308. The second-order valence-electron chi connectivity index (χ2n) is 10.4. The summed E-state index contributed by atoms with van der Waals surface area (Å²) < 4.78 is 16.9. The van der Waals surface area contributed by atoms with Crippen LogP contribution in [0.3, 0.4) is 0 Å². The van der Waals surface area contributed by atoms with Gasteiger partial charge in [0.1, 0.15) is 18.2 Å². The average molecular weight is 514 g/mol. The number of amides is 1. The zero-order chi connectivity index (χ0) is 27.1. The Morgan fingerprint density at radius 1 is 0.892 bits per heavy atom. The number of benzene rings is 2. The molecule has 37 heavy (non-hydrogen) atoms. The molecule has 0 aliphatic carbocycles. The molecule has 3 atom stereocenters. The van der Waals surface area contributed by atoms with Crippen LogP contribution in [0.5, 0.6) is 0 Å². The number of hydrogen-bond donors (Lipinski definition) is 2. The predicted octanol–water partition coefficient (Wildman–Crippen LogP) is 5.79. The molecule has 0 aliphatic heterocycles. The lowest BCUT2D eigenvalue weighted by Gasteiger charge is -2.24. The van der Waals surface area contributed by atoms with E-state index in [0.29, 0.717) is 25.9 Å². The summed E-state index contributed by atoms with van der Waals surface area (Å²) in [6.45, 7) is 8.13. The number of carbonyl (C=O) groups is 2. The molecular formula is C30H43NO6. The third-order valence-corrected chi connectivity index (χ3v) is 5.88. The maximum absolute atomic E-state index is 12.9. The van der Waals surface area contributed by atoms with E-state index in [0.717, 1.165) is 24.0 Å². The van der Waals surface area contributed by atoms with Gasteiger partial charge in [0.05, 0.1) is 12.7 Å². The molecule has 7 heteroatoms. The second-order valence-corrected chi connectivity index (χ2v) is 10.4. The van der Waals surface area contributed by atoms with E-state index >= 15 is 0 Å². The summed E-state index contributed by atoms with van der Waals surface area (Å²) >= 11 is 0. The highest BCUT2D eigenvalue weighted by Gasteiger charge is 2.26. The van der Waals surface area contributed by atoms with Gasteiger partial charge in [0.15, 0.2) is 0 Å². The zero-order valence-electron chi connectivity index (χ0n) is 22.7. The van der Waals surface area contributed by atoms with Gasteiger partial charge in [-0.25, -0.2) is 9.59 Å². The summed E-state index contributed by atoms with van der Waals surface area (Å²) in [7, 11) is 0. The molecule has 204 valence electrons. The van der Waals surface area contributed by atoms with Crippen LogP contribution < -0.4 is 5.32 Å². The van der Waals surface area contributed by atoms with Gasteiger partial charge in [-0.1, -0.05) is 73.5 Å². The van der Waals surface area contributed by atoms with Crippen LogP contribution in [0.15, 0.2) is 60.7 Å². The van der Waals surface area contributed by atoms with Crippen LogP contribution in [-0.2, 0) is 32.2 Å². The van der Waals surface area contributed by atoms with Crippen molar-refractivity contribution in [2.75, 3.05) is 6.61 Å². The molecule has 2 aromatic carbocycles. The Bertz CT molecular complexity index is 913. The average Bonchev–Trinajstić information content (AvgIpc) is 2.85. The second kappa shape index (κ2) is 16.0. The van der Waals surface area contributed by atoms with E-state index in [1.165, 1.54) is 0 Å². The van der Waals surface area contributed by atoms with E-state index in [-0.39, 0.29) is 25.2 Å². The molecule has 0 spiro atoms. The lowest BCUT2D eigenvalue weighted by molar-refractivity contribution is -0.147. The quantitative estimate of drug-likeness (QED) is 0.293. The number of esters is 1. The number of aliphatic hydroxyl groups is 1. The number of rotatable bonds is 15. The smallest absolute Gasteiger partial charge is 0.408 e. The van der Waals surface area contributed by atoms with Crippen molar-refractivity contribution < 1.29 is 28.9 Å². The first kappa shape index (κ1) is 30.3. The van der Waals surface area contributed by atoms with Crippen molar-refractivity contribution in [2.24, 2.45) is 5.92 Å². The van der Waals surface area contributed by atoms with Gasteiger partial charge in [0.2, 0.25) is 0 Å². The van der Waals surface area contributed by atoms with Crippen LogP contribution in [0.4, 0.5) is 4.79 Å². The van der Waals surface area contributed by atoms with Crippen LogP contribution in [-0.4, -0.2) is 41.5 Å². The number of alkyl carbamates (subject to hydrolysis) is 1. The summed E-state index contributed by atoms with van der Waals surface area (Å²) in [5.41, 5.74) is 1.32. The van der Waals surface area contributed by atoms with E-state index in [1.807, 2.05) is 67.6 Å². The van der Waals surface area contributed by atoms with Crippen LogP contribution in [0, 0.1) is 5.92 Å². The summed E-state index contributed by atoms with van der Waals surface area (Å²) in [4.78, 5) is 25.3. The molecule has 0 bridgehead atoms. The van der Waals surface area contributed by atoms with E-state index in [2.05, 4.69) is 5.32 Å². The van der Waals surface area contributed by atoms with E-state index in [1.54, 1.807) is 20.8 Å².